The van der Waals surface area contributed by atoms with Gasteiger partial charge in [-0.15, -0.1) is 0 Å². The third-order valence-corrected chi connectivity index (χ3v) is 4.61. The summed E-state index contributed by atoms with van der Waals surface area (Å²) in [4.78, 5) is 16.2. The van der Waals surface area contributed by atoms with Gasteiger partial charge in [0.25, 0.3) is 0 Å². The van der Waals surface area contributed by atoms with Crippen molar-refractivity contribution in [2.45, 2.75) is 44.8 Å². The number of ether oxygens (including phenoxy) is 1. The normalized spacial score (nSPS) is 29.8. The number of carbonyl (C=O) groups excluding carboxylic acids is 1. The molecule has 116 valence electrons. The van der Waals surface area contributed by atoms with Crippen molar-refractivity contribution in [1.29, 1.82) is 0 Å². The SMILES string of the molecule is CCOC(=O)CC(O)CN1CCC2C(CCCN2C)C1. The molecule has 20 heavy (non-hydrogen) atoms. The zero-order chi connectivity index (χ0) is 14.5. The lowest BCUT2D eigenvalue weighted by Gasteiger charge is -2.46. The Morgan fingerprint density at radius 2 is 2.20 bits per heavy atom. The third-order valence-electron chi connectivity index (χ3n) is 4.61. The maximum atomic E-state index is 11.4. The van der Waals surface area contributed by atoms with Crippen molar-refractivity contribution in [2.24, 2.45) is 5.92 Å². The molecular weight excluding hydrogens is 256 g/mol. The second-order valence-corrected chi connectivity index (χ2v) is 6.16. The first-order chi connectivity index (χ1) is 9.60. The van der Waals surface area contributed by atoms with Gasteiger partial charge in [0.15, 0.2) is 0 Å². The van der Waals surface area contributed by atoms with Crippen molar-refractivity contribution in [2.75, 3.05) is 39.8 Å². The largest absolute Gasteiger partial charge is 0.466 e. The summed E-state index contributed by atoms with van der Waals surface area (Å²) in [6, 6.07) is 0.710. The molecule has 3 unspecified atom stereocenters. The number of hydrogen-bond acceptors (Lipinski definition) is 5. The molecule has 1 N–H and O–H groups in total. The molecule has 2 rings (SSSR count). The van der Waals surface area contributed by atoms with E-state index in [2.05, 4.69) is 16.8 Å². The smallest absolute Gasteiger partial charge is 0.308 e. The Kier molecular flexibility index (Phi) is 5.81. The Hall–Kier alpha value is -0.650. The van der Waals surface area contributed by atoms with Gasteiger partial charge in [0.05, 0.1) is 19.1 Å². The number of nitrogens with zero attached hydrogens (tertiary/aromatic N) is 2. The summed E-state index contributed by atoms with van der Waals surface area (Å²) in [5.74, 6) is 0.421. The zero-order valence-corrected chi connectivity index (χ0v) is 12.8. The average molecular weight is 284 g/mol. The number of carbonyl (C=O) groups is 1. The van der Waals surface area contributed by atoms with Crippen LogP contribution in [0.25, 0.3) is 0 Å². The van der Waals surface area contributed by atoms with E-state index in [-0.39, 0.29) is 12.4 Å². The highest BCUT2D eigenvalue weighted by Crippen LogP contribution is 2.29. The maximum absolute atomic E-state index is 11.4. The number of piperidine rings is 2. The van der Waals surface area contributed by atoms with Crippen molar-refractivity contribution in [3.8, 4) is 0 Å². The number of aliphatic hydroxyl groups is 1. The molecule has 0 radical (unpaired) electrons. The Morgan fingerprint density at radius 3 is 2.95 bits per heavy atom. The van der Waals surface area contributed by atoms with Crippen LogP contribution in [0.15, 0.2) is 0 Å². The Labute approximate surface area is 121 Å². The van der Waals surface area contributed by atoms with Crippen LogP contribution in [0.1, 0.15) is 32.6 Å². The number of rotatable bonds is 5. The average Bonchev–Trinajstić information content (AvgIpc) is 2.38. The topological polar surface area (TPSA) is 53.0 Å². The van der Waals surface area contributed by atoms with Gasteiger partial charge in [-0.05, 0) is 52.2 Å². The fraction of sp³-hybridized carbons (Fsp3) is 0.933. The highest BCUT2D eigenvalue weighted by atomic mass is 16.5. The van der Waals surface area contributed by atoms with E-state index in [1.807, 2.05) is 0 Å². The lowest BCUT2D eigenvalue weighted by Crippen LogP contribution is -2.53. The van der Waals surface area contributed by atoms with E-state index in [1.54, 1.807) is 6.92 Å². The van der Waals surface area contributed by atoms with E-state index < -0.39 is 6.10 Å². The first kappa shape index (κ1) is 15.7. The van der Waals surface area contributed by atoms with Crippen LogP contribution in [0.4, 0.5) is 0 Å². The monoisotopic (exact) mass is 284 g/mol. The number of esters is 1. The lowest BCUT2D eigenvalue weighted by molar-refractivity contribution is -0.145. The molecule has 0 aromatic heterocycles. The second-order valence-electron chi connectivity index (χ2n) is 6.16. The molecule has 2 aliphatic rings. The summed E-state index contributed by atoms with van der Waals surface area (Å²) < 4.78 is 4.88. The van der Waals surface area contributed by atoms with Crippen LogP contribution in [0.3, 0.4) is 0 Å². The van der Waals surface area contributed by atoms with Crippen LogP contribution in [-0.2, 0) is 9.53 Å². The first-order valence-corrected chi connectivity index (χ1v) is 7.86. The summed E-state index contributed by atoms with van der Waals surface area (Å²) in [5, 5.41) is 9.99. The van der Waals surface area contributed by atoms with E-state index in [0.29, 0.717) is 19.2 Å². The molecule has 3 atom stereocenters. The molecule has 5 nitrogen and oxygen atoms in total. The standard InChI is InChI=1S/C15H28N2O3/c1-3-20-15(19)9-13(18)11-17-8-6-14-12(10-17)5-4-7-16(14)2/h12-14,18H,3-11H2,1-2H3. The van der Waals surface area contributed by atoms with Crippen molar-refractivity contribution >= 4 is 5.97 Å². The van der Waals surface area contributed by atoms with Crippen LogP contribution in [0.2, 0.25) is 0 Å². The number of hydrogen-bond donors (Lipinski definition) is 1. The molecule has 0 aliphatic carbocycles. The molecule has 0 spiro atoms. The van der Waals surface area contributed by atoms with Gasteiger partial charge in [-0.1, -0.05) is 0 Å². The van der Waals surface area contributed by atoms with Crippen molar-refractivity contribution in [1.82, 2.24) is 9.80 Å². The van der Waals surface area contributed by atoms with E-state index in [4.69, 9.17) is 4.74 Å². The third kappa shape index (κ3) is 4.17. The van der Waals surface area contributed by atoms with Gasteiger partial charge in [-0.25, -0.2) is 0 Å². The summed E-state index contributed by atoms with van der Waals surface area (Å²) in [6.07, 6.45) is 3.24. The van der Waals surface area contributed by atoms with Crippen LogP contribution < -0.4 is 0 Å². The summed E-state index contributed by atoms with van der Waals surface area (Å²) in [5.41, 5.74) is 0. The summed E-state index contributed by atoms with van der Waals surface area (Å²) in [7, 11) is 2.22. The number of β-amino-alcohol motifs (C(OH)–C–C–N with tert-alkyl or cyclic N) is 1. The number of likely N-dealkylation sites (tertiary alicyclic amines) is 2. The van der Waals surface area contributed by atoms with E-state index in [0.717, 1.165) is 19.0 Å². The Balaban J connectivity index is 1.76. The number of aliphatic hydroxyl groups excluding tert-OH is 1. The molecule has 2 aliphatic heterocycles. The van der Waals surface area contributed by atoms with Crippen LogP contribution in [0.5, 0.6) is 0 Å². The van der Waals surface area contributed by atoms with Crippen LogP contribution in [0, 0.1) is 5.92 Å². The Bertz CT molecular complexity index is 324. The molecule has 0 aromatic rings. The predicted molar refractivity (Wildman–Crippen MR) is 77.5 cm³/mol. The van der Waals surface area contributed by atoms with Crippen LogP contribution in [-0.4, -0.2) is 72.9 Å². The fourth-order valence-corrected chi connectivity index (χ4v) is 3.67. The van der Waals surface area contributed by atoms with E-state index in [1.165, 1.54) is 25.8 Å². The number of fused-ring (bicyclic) bond motifs is 1. The van der Waals surface area contributed by atoms with Gasteiger partial charge in [0.1, 0.15) is 0 Å². The van der Waals surface area contributed by atoms with Crippen molar-refractivity contribution < 1.29 is 14.6 Å². The molecule has 0 bridgehead atoms. The highest BCUT2D eigenvalue weighted by Gasteiger charge is 2.34. The van der Waals surface area contributed by atoms with E-state index in [9.17, 15) is 9.90 Å². The van der Waals surface area contributed by atoms with Crippen molar-refractivity contribution in [3.05, 3.63) is 0 Å². The first-order valence-electron chi connectivity index (χ1n) is 7.86. The van der Waals surface area contributed by atoms with Gasteiger partial charge < -0.3 is 19.6 Å². The van der Waals surface area contributed by atoms with Gasteiger partial charge in [0, 0.05) is 19.1 Å². The molecule has 0 saturated carbocycles. The molecule has 0 aromatic carbocycles. The molecular formula is C15H28N2O3. The zero-order valence-electron chi connectivity index (χ0n) is 12.8. The summed E-state index contributed by atoms with van der Waals surface area (Å²) >= 11 is 0. The molecule has 2 fully saturated rings. The predicted octanol–water partition coefficient (Wildman–Crippen LogP) is 0.717. The molecule has 5 heteroatoms. The minimum Gasteiger partial charge on any atom is -0.466 e. The van der Waals surface area contributed by atoms with E-state index >= 15 is 0 Å². The van der Waals surface area contributed by atoms with Crippen molar-refractivity contribution in [3.63, 3.8) is 0 Å². The highest BCUT2D eigenvalue weighted by molar-refractivity contribution is 5.69. The van der Waals surface area contributed by atoms with Gasteiger partial charge >= 0.3 is 5.97 Å². The minimum absolute atomic E-state index is 0.109. The quantitative estimate of drug-likeness (QED) is 0.754. The minimum atomic E-state index is -0.605. The molecule has 0 amide bonds. The summed E-state index contributed by atoms with van der Waals surface area (Å²) in [6.45, 7) is 6.04. The van der Waals surface area contributed by atoms with Crippen LogP contribution >= 0.6 is 0 Å². The Morgan fingerprint density at radius 1 is 1.40 bits per heavy atom. The molecule has 2 heterocycles. The fourth-order valence-electron chi connectivity index (χ4n) is 3.67. The maximum Gasteiger partial charge on any atom is 0.308 e. The van der Waals surface area contributed by atoms with Gasteiger partial charge in [-0.3, -0.25) is 4.79 Å². The second kappa shape index (κ2) is 7.38. The van der Waals surface area contributed by atoms with Gasteiger partial charge in [0.2, 0.25) is 0 Å². The van der Waals surface area contributed by atoms with Gasteiger partial charge in [-0.2, -0.15) is 0 Å². The lowest BCUT2D eigenvalue weighted by atomic mass is 9.84. The molecule has 2 saturated heterocycles.